The van der Waals surface area contributed by atoms with Crippen molar-refractivity contribution < 1.29 is 42.2 Å². The summed E-state index contributed by atoms with van der Waals surface area (Å²) in [6, 6.07) is 16.1. The number of benzene rings is 3. The maximum Gasteiger partial charge on any atom is 0.407 e. The van der Waals surface area contributed by atoms with Crippen LogP contribution in [0.25, 0.3) is 33.6 Å². The van der Waals surface area contributed by atoms with Gasteiger partial charge in [0.1, 0.15) is 35.4 Å². The van der Waals surface area contributed by atoms with Gasteiger partial charge in [-0.05, 0) is 73.6 Å². The molecule has 0 bridgehead atoms. The van der Waals surface area contributed by atoms with Crippen LogP contribution < -0.4 is 11.1 Å². The fraction of sp³-hybridized carbons (Fsp3) is 0.333. The second kappa shape index (κ2) is 17.5. The van der Waals surface area contributed by atoms with Crippen LogP contribution >= 0.6 is 0 Å². The zero-order valence-electron chi connectivity index (χ0n) is 32.6. The molecule has 2 saturated heterocycles. The number of nitrogens with one attached hydrogen (secondary N) is 3. The van der Waals surface area contributed by atoms with Crippen molar-refractivity contribution in [3.8, 4) is 33.6 Å². The number of likely N-dealkylation sites (tertiary alicyclic amines) is 2. The molecule has 7 rings (SSSR count). The number of rotatable bonds is 12. The lowest BCUT2D eigenvalue weighted by atomic mass is 10.00. The van der Waals surface area contributed by atoms with E-state index in [2.05, 4.69) is 25.3 Å². The smallest absolute Gasteiger partial charge is 0.407 e. The number of nitrogens with two attached hydrogens (primary N) is 1. The Morgan fingerprint density at radius 1 is 0.797 bits per heavy atom. The van der Waals surface area contributed by atoms with Crippen LogP contribution in [-0.2, 0) is 23.8 Å². The zero-order chi connectivity index (χ0) is 41.8. The van der Waals surface area contributed by atoms with Gasteiger partial charge in [0.2, 0.25) is 6.10 Å². The number of aromatic amines is 2. The van der Waals surface area contributed by atoms with E-state index in [0.29, 0.717) is 78.5 Å². The highest BCUT2D eigenvalue weighted by Crippen LogP contribution is 2.37. The summed E-state index contributed by atoms with van der Waals surface area (Å²) in [5, 5.41) is 2.64. The summed E-state index contributed by atoms with van der Waals surface area (Å²) in [5.41, 5.74) is 7.95. The largest absolute Gasteiger partial charge is 0.453 e. The average Bonchev–Trinajstić information content (AvgIpc) is 4.08. The van der Waals surface area contributed by atoms with E-state index in [1.807, 2.05) is 6.07 Å². The van der Waals surface area contributed by atoms with Crippen LogP contribution in [0.4, 0.5) is 18.4 Å². The van der Waals surface area contributed by atoms with Crippen molar-refractivity contribution >= 4 is 24.0 Å². The number of methoxy groups -OCH3 is 2. The fourth-order valence-electron chi connectivity index (χ4n) is 7.78. The van der Waals surface area contributed by atoms with Crippen molar-refractivity contribution in [3.05, 3.63) is 108 Å². The highest BCUT2D eigenvalue weighted by molar-refractivity contribution is 5.87. The molecule has 17 heteroatoms. The van der Waals surface area contributed by atoms with Gasteiger partial charge in [-0.25, -0.2) is 28.3 Å². The Morgan fingerprint density at radius 3 is 1.80 bits per heavy atom. The van der Waals surface area contributed by atoms with Crippen molar-refractivity contribution in [2.45, 2.75) is 62.9 Å². The van der Waals surface area contributed by atoms with Gasteiger partial charge in [0.25, 0.3) is 11.8 Å². The second-order valence-corrected chi connectivity index (χ2v) is 14.4. The summed E-state index contributed by atoms with van der Waals surface area (Å²) < 4.78 is 46.6. The second-order valence-electron chi connectivity index (χ2n) is 14.4. The lowest BCUT2D eigenvalue weighted by Crippen LogP contribution is -2.47. The van der Waals surface area contributed by atoms with Crippen molar-refractivity contribution in [3.63, 3.8) is 0 Å². The number of hydrogen-bond donors (Lipinski definition) is 4. The predicted molar refractivity (Wildman–Crippen MR) is 210 cm³/mol. The first kappa shape index (κ1) is 40.6. The third-order valence-corrected chi connectivity index (χ3v) is 10.9. The Hall–Kier alpha value is -6.62. The minimum atomic E-state index is -1.24. The minimum absolute atomic E-state index is 0.226. The standard InChI is InChI=1S/C42H44F2N8O7/c1-23(57-2)36(59-41(45)55)40(54)52-18-8-12-34(52)38-47-22-32(49-38)28-16-14-26(20-30(28)44)25-13-15-27(29(43)19-25)31-21-46-37(48-31)33-11-7-17-51(33)39(53)35(50-42(56)58-3)24-9-5-4-6-10-24/h4-6,9-10,13-16,19-23,33-36H,7-8,11-12,17-18H2,1-3H3,(H2,45,55)(H,46,48)(H,47,49)(H,50,56)/t23-,33+,34+,35-,36+/m1/s1. The summed E-state index contributed by atoms with van der Waals surface area (Å²) in [5.74, 6) is -1.02. The molecule has 0 spiro atoms. The van der Waals surface area contributed by atoms with Gasteiger partial charge in [-0.1, -0.05) is 42.5 Å². The van der Waals surface area contributed by atoms with Gasteiger partial charge in [0, 0.05) is 31.3 Å². The molecule has 4 amide bonds. The lowest BCUT2D eigenvalue weighted by Gasteiger charge is -2.29. The molecule has 308 valence electrons. The maximum absolute atomic E-state index is 15.8. The number of imidazole rings is 2. The van der Waals surface area contributed by atoms with Gasteiger partial charge in [0.15, 0.2) is 0 Å². The van der Waals surface area contributed by atoms with Crippen LogP contribution in [0.2, 0.25) is 0 Å². The molecule has 15 nitrogen and oxygen atoms in total. The number of alkyl carbamates (subject to hydrolysis) is 1. The first-order valence-corrected chi connectivity index (χ1v) is 19.2. The Kier molecular flexibility index (Phi) is 12.0. The number of carbonyl (C=O) groups is 4. The molecule has 5 atom stereocenters. The zero-order valence-corrected chi connectivity index (χ0v) is 32.6. The Labute approximate surface area is 338 Å². The van der Waals surface area contributed by atoms with Crippen molar-refractivity contribution in [1.82, 2.24) is 35.1 Å². The summed E-state index contributed by atoms with van der Waals surface area (Å²) in [6.07, 6.45) is 1.74. The highest BCUT2D eigenvalue weighted by Gasteiger charge is 2.40. The molecule has 0 radical (unpaired) electrons. The number of nitrogens with zero attached hydrogens (tertiary/aromatic N) is 4. The molecular weight excluding hydrogens is 767 g/mol. The van der Waals surface area contributed by atoms with E-state index in [1.165, 1.54) is 38.7 Å². The number of ether oxygens (including phenoxy) is 3. The van der Waals surface area contributed by atoms with Crippen LogP contribution in [-0.4, -0.2) is 93.3 Å². The molecular formula is C42H44F2N8O7. The molecule has 2 fully saturated rings. The van der Waals surface area contributed by atoms with Crippen LogP contribution in [0.1, 0.15) is 67.9 Å². The van der Waals surface area contributed by atoms with Crippen molar-refractivity contribution in [1.29, 1.82) is 0 Å². The van der Waals surface area contributed by atoms with E-state index in [4.69, 9.17) is 19.9 Å². The molecule has 5 aromatic rings. The highest BCUT2D eigenvalue weighted by atomic mass is 19.1. The molecule has 0 saturated carbocycles. The third kappa shape index (κ3) is 8.50. The van der Waals surface area contributed by atoms with Crippen molar-refractivity contribution in [2.24, 2.45) is 5.73 Å². The molecule has 0 aliphatic carbocycles. The Balaban J connectivity index is 1.05. The fourth-order valence-corrected chi connectivity index (χ4v) is 7.78. The van der Waals surface area contributed by atoms with Gasteiger partial charge in [-0.15, -0.1) is 0 Å². The molecule has 2 aromatic heterocycles. The number of primary amides is 1. The molecule has 2 aliphatic rings. The normalized spacial score (nSPS) is 18.0. The van der Waals surface area contributed by atoms with E-state index in [0.717, 1.165) is 0 Å². The number of amides is 4. The molecule has 3 aromatic carbocycles. The van der Waals surface area contributed by atoms with Gasteiger partial charge in [0.05, 0.1) is 43.0 Å². The maximum atomic E-state index is 15.8. The average molecular weight is 811 g/mol. The summed E-state index contributed by atoms with van der Waals surface area (Å²) >= 11 is 0. The lowest BCUT2D eigenvalue weighted by molar-refractivity contribution is -0.148. The third-order valence-electron chi connectivity index (χ3n) is 10.9. The molecule has 59 heavy (non-hydrogen) atoms. The van der Waals surface area contributed by atoms with E-state index in [1.54, 1.807) is 65.3 Å². The molecule has 2 aliphatic heterocycles. The first-order valence-electron chi connectivity index (χ1n) is 19.2. The molecule has 5 N–H and O–H groups in total. The SMILES string of the molecule is COC(=O)N[C@@H](C(=O)N1CCC[C@H]1c1ncc(-c2ccc(-c3ccc(-c4cnc([C@@H]5CCCN5C(=O)[C@@H](OC(N)=O)[C@@H](C)OC)[nH]4)c(F)c3)cc2F)[nH]1)c1ccccc1. The van der Waals surface area contributed by atoms with Crippen LogP contribution in [0.15, 0.2) is 79.1 Å². The number of carbonyl (C=O) groups excluding carboxylic acids is 4. The molecule has 4 heterocycles. The van der Waals surface area contributed by atoms with E-state index in [9.17, 15) is 19.2 Å². The Bertz CT molecular complexity index is 2340. The summed E-state index contributed by atoms with van der Waals surface area (Å²) in [4.78, 5) is 69.5. The first-order chi connectivity index (χ1) is 28.5. The van der Waals surface area contributed by atoms with Gasteiger partial charge in [-0.3, -0.25) is 9.59 Å². The number of H-pyrrole nitrogens is 2. The van der Waals surface area contributed by atoms with Crippen LogP contribution in [0.5, 0.6) is 0 Å². The van der Waals surface area contributed by atoms with Crippen LogP contribution in [0, 0.1) is 11.6 Å². The number of hydrogen-bond acceptors (Lipinski definition) is 9. The Morgan fingerprint density at radius 2 is 1.32 bits per heavy atom. The van der Waals surface area contributed by atoms with Crippen molar-refractivity contribution in [2.75, 3.05) is 27.3 Å². The summed E-state index contributed by atoms with van der Waals surface area (Å²) in [7, 11) is 2.63. The quantitative estimate of drug-likeness (QED) is 0.111. The minimum Gasteiger partial charge on any atom is -0.453 e. The predicted octanol–water partition coefficient (Wildman–Crippen LogP) is 6.34. The van der Waals surface area contributed by atoms with Gasteiger partial charge < -0.3 is 45.0 Å². The topological polar surface area (TPSA) is 198 Å². The van der Waals surface area contributed by atoms with Gasteiger partial charge >= 0.3 is 12.2 Å². The summed E-state index contributed by atoms with van der Waals surface area (Å²) in [6.45, 7) is 2.43. The molecule has 0 unspecified atom stereocenters. The van der Waals surface area contributed by atoms with Gasteiger partial charge in [-0.2, -0.15) is 0 Å². The number of aromatic nitrogens is 4. The van der Waals surface area contributed by atoms with E-state index < -0.39 is 60.1 Å². The number of halogens is 2. The monoisotopic (exact) mass is 810 g/mol. The van der Waals surface area contributed by atoms with E-state index in [-0.39, 0.29) is 17.0 Å². The van der Waals surface area contributed by atoms with Crippen LogP contribution in [0.3, 0.4) is 0 Å². The van der Waals surface area contributed by atoms with E-state index >= 15 is 8.78 Å².